The molecule has 0 radical (unpaired) electrons. The number of hydrogen-bond donors (Lipinski definition) is 2. The first-order valence-electron chi connectivity index (χ1n) is 15.7. The SMILES string of the molecule is C[C@H](OC1CCCCO1)c1nccn1Cc1cc(-c2ccc(C#Cc3ccc(CNCCCC(C)(C)OC(N)=O)nc3)cc2)on1. The van der Waals surface area contributed by atoms with Crippen molar-refractivity contribution >= 4 is 6.09 Å². The van der Waals surface area contributed by atoms with Crippen molar-refractivity contribution in [3.63, 3.8) is 0 Å². The standard InChI is InChI=1S/C35H42N6O5/c1-25(44-32-7-4-5-20-43-32)33-38-18-19-41(33)24-30-21-31(46-40-30)28-13-10-26(11-14-28)8-9-27-12-15-29(39-22-27)23-37-17-6-16-35(2,3)45-34(36)42/h10-15,18-19,21-22,25,32,37H,4-7,16-17,20,23-24H2,1-3H3,(H2,36,42)/t25-,32?/m0/s1. The zero-order valence-corrected chi connectivity index (χ0v) is 26.7. The number of carbonyl (C=O) groups excluding carboxylic acids is 1. The van der Waals surface area contributed by atoms with Gasteiger partial charge in [-0.05, 0) is 95.8 Å². The minimum Gasteiger partial charge on any atom is -0.444 e. The minimum absolute atomic E-state index is 0.182. The van der Waals surface area contributed by atoms with Crippen LogP contribution in [0.15, 0.2) is 65.6 Å². The van der Waals surface area contributed by atoms with Crippen LogP contribution in [-0.4, -0.2) is 50.8 Å². The van der Waals surface area contributed by atoms with Gasteiger partial charge in [0, 0.05) is 54.5 Å². The van der Waals surface area contributed by atoms with Gasteiger partial charge in [0.15, 0.2) is 12.1 Å². The number of nitrogens with zero attached hydrogens (tertiary/aromatic N) is 4. The molecule has 46 heavy (non-hydrogen) atoms. The maximum absolute atomic E-state index is 11.0. The second-order valence-corrected chi connectivity index (χ2v) is 12.0. The van der Waals surface area contributed by atoms with Crippen molar-refractivity contribution < 1.29 is 23.5 Å². The Balaban J connectivity index is 1.09. The molecule has 0 aliphatic carbocycles. The summed E-state index contributed by atoms with van der Waals surface area (Å²) >= 11 is 0. The van der Waals surface area contributed by atoms with E-state index in [4.69, 9.17) is 24.5 Å². The molecule has 1 unspecified atom stereocenters. The van der Waals surface area contributed by atoms with E-state index < -0.39 is 11.7 Å². The van der Waals surface area contributed by atoms with Crippen molar-refractivity contribution in [2.75, 3.05) is 13.2 Å². The Labute approximate surface area is 269 Å². The normalized spacial score (nSPS) is 15.6. The van der Waals surface area contributed by atoms with Crippen molar-refractivity contribution in [3.05, 3.63) is 89.4 Å². The quantitative estimate of drug-likeness (QED) is 0.141. The topological polar surface area (TPSA) is 140 Å². The molecule has 4 aromatic rings. The van der Waals surface area contributed by atoms with Gasteiger partial charge in [-0.25, -0.2) is 9.78 Å². The van der Waals surface area contributed by atoms with Gasteiger partial charge in [0.25, 0.3) is 0 Å². The maximum atomic E-state index is 11.0. The van der Waals surface area contributed by atoms with Gasteiger partial charge in [0.05, 0.1) is 12.2 Å². The number of amides is 1. The Kier molecular flexibility index (Phi) is 11.2. The number of hydrogen-bond acceptors (Lipinski definition) is 9. The van der Waals surface area contributed by atoms with Gasteiger partial charge in [0.1, 0.15) is 23.2 Å². The van der Waals surface area contributed by atoms with Crippen LogP contribution in [0.1, 0.15) is 87.3 Å². The molecule has 242 valence electrons. The Bertz CT molecular complexity index is 1610. The first kappa shape index (κ1) is 32.9. The number of benzene rings is 1. The first-order chi connectivity index (χ1) is 22.2. The molecule has 4 heterocycles. The Morgan fingerprint density at radius 3 is 2.67 bits per heavy atom. The molecule has 11 nitrogen and oxygen atoms in total. The van der Waals surface area contributed by atoms with Crippen LogP contribution < -0.4 is 11.1 Å². The fourth-order valence-corrected chi connectivity index (χ4v) is 5.26. The van der Waals surface area contributed by atoms with E-state index in [0.29, 0.717) is 25.3 Å². The predicted octanol–water partition coefficient (Wildman–Crippen LogP) is 5.73. The minimum atomic E-state index is -0.748. The van der Waals surface area contributed by atoms with Gasteiger partial charge < -0.3 is 34.4 Å². The van der Waals surface area contributed by atoms with Crippen LogP contribution in [0.3, 0.4) is 0 Å². The molecule has 5 rings (SSSR count). The van der Waals surface area contributed by atoms with E-state index >= 15 is 0 Å². The highest BCUT2D eigenvalue weighted by Crippen LogP contribution is 2.25. The average Bonchev–Trinajstić information content (AvgIpc) is 3.71. The molecule has 3 aromatic heterocycles. The van der Waals surface area contributed by atoms with E-state index in [1.54, 1.807) is 12.4 Å². The molecular formula is C35H42N6O5. The molecule has 2 atom stereocenters. The third-order valence-electron chi connectivity index (χ3n) is 7.66. The summed E-state index contributed by atoms with van der Waals surface area (Å²) in [6, 6.07) is 13.8. The number of nitrogens with two attached hydrogens (primary N) is 1. The lowest BCUT2D eigenvalue weighted by Crippen LogP contribution is -2.32. The number of carbonyl (C=O) groups is 1. The third-order valence-corrected chi connectivity index (χ3v) is 7.66. The maximum Gasteiger partial charge on any atom is 0.405 e. The van der Waals surface area contributed by atoms with Crippen molar-refractivity contribution in [1.29, 1.82) is 0 Å². The molecule has 0 bridgehead atoms. The summed E-state index contributed by atoms with van der Waals surface area (Å²) in [6.07, 6.45) is 9.02. The van der Waals surface area contributed by atoms with Gasteiger partial charge in [0.2, 0.25) is 0 Å². The number of primary amides is 1. The molecule has 1 aromatic carbocycles. The summed E-state index contributed by atoms with van der Waals surface area (Å²) in [5.41, 5.74) is 8.91. The monoisotopic (exact) mass is 626 g/mol. The van der Waals surface area contributed by atoms with Crippen molar-refractivity contribution in [1.82, 2.24) is 25.0 Å². The fraction of sp³-hybridized carbons (Fsp3) is 0.429. The molecule has 1 saturated heterocycles. The number of aromatic nitrogens is 4. The van der Waals surface area contributed by atoms with Crippen molar-refractivity contribution in [2.45, 2.75) is 84.0 Å². The lowest BCUT2D eigenvalue weighted by molar-refractivity contribution is -0.188. The summed E-state index contributed by atoms with van der Waals surface area (Å²) in [5.74, 6) is 7.89. The molecule has 1 amide bonds. The number of rotatable bonds is 13. The summed E-state index contributed by atoms with van der Waals surface area (Å²) in [4.78, 5) is 20.0. The predicted molar refractivity (Wildman–Crippen MR) is 172 cm³/mol. The van der Waals surface area contributed by atoms with Crippen LogP contribution in [-0.2, 0) is 27.3 Å². The van der Waals surface area contributed by atoms with Crippen LogP contribution in [0.5, 0.6) is 0 Å². The van der Waals surface area contributed by atoms with Gasteiger partial charge in [-0.15, -0.1) is 0 Å². The van der Waals surface area contributed by atoms with Crippen LogP contribution in [0.25, 0.3) is 11.3 Å². The molecule has 1 fully saturated rings. The molecule has 11 heteroatoms. The summed E-state index contributed by atoms with van der Waals surface area (Å²) in [6.45, 7) is 8.38. The van der Waals surface area contributed by atoms with Gasteiger partial charge in [-0.3, -0.25) is 4.98 Å². The van der Waals surface area contributed by atoms with E-state index in [1.807, 2.05) is 74.0 Å². The summed E-state index contributed by atoms with van der Waals surface area (Å²) < 4.78 is 24.6. The highest BCUT2D eigenvalue weighted by molar-refractivity contribution is 5.65. The average molecular weight is 627 g/mol. The van der Waals surface area contributed by atoms with E-state index in [2.05, 4.69) is 32.3 Å². The molecular weight excluding hydrogens is 584 g/mol. The summed E-state index contributed by atoms with van der Waals surface area (Å²) in [5, 5.41) is 7.65. The molecule has 0 spiro atoms. The number of ether oxygens (including phenoxy) is 3. The molecule has 1 aliphatic rings. The second kappa shape index (κ2) is 15.7. The largest absolute Gasteiger partial charge is 0.444 e. The second-order valence-electron chi connectivity index (χ2n) is 12.0. The van der Waals surface area contributed by atoms with Crippen LogP contribution in [0, 0.1) is 11.8 Å². The van der Waals surface area contributed by atoms with Gasteiger partial charge in [-0.1, -0.05) is 17.0 Å². The zero-order chi connectivity index (χ0) is 32.4. The molecule has 0 saturated carbocycles. The molecule has 1 aliphatic heterocycles. The highest BCUT2D eigenvalue weighted by Gasteiger charge is 2.22. The number of imidazole rings is 1. The van der Waals surface area contributed by atoms with E-state index in [0.717, 1.165) is 72.7 Å². The first-order valence-corrected chi connectivity index (χ1v) is 15.7. The van der Waals surface area contributed by atoms with Gasteiger partial charge in [-0.2, -0.15) is 0 Å². The lowest BCUT2D eigenvalue weighted by Gasteiger charge is -2.26. The lowest BCUT2D eigenvalue weighted by atomic mass is 10.0. The smallest absolute Gasteiger partial charge is 0.405 e. The zero-order valence-electron chi connectivity index (χ0n) is 26.7. The van der Waals surface area contributed by atoms with E-state index in [-0.39, 0.29) is 12.4 Å². The van der Waals surface area contributed by atoms with Crippen molar-refractivity contribution in [3.8, 4) is 23.2 Å². The van der Waals surface area contributed by atoms with E-state index in [9.17, 15) is 4.79 Å². The number of nitrogens with one attached hydrogen (secondary N) is 1. The van der Waals surface area contributed by atoms with Crippen LogP contribution in [0.4, 0.5) is 4.79 Å². The van der Waals surface area contributed by atoms with E-state index in [1.165, 1.54) is 0 Å². The van der Waals surface area contributed by atoms with Crippen molar-refractivity contribution in [2.24, 2.45) is 5.73 Å². The summed E-state index contributed by atoms with van der Waals surface area (Å²) in [7, 11) is 0. The Hall–Kier alpha value is -4.50. The van der Waals surface area contributed by atoms with Gasteiger partial charge >= 0.3 is 6.09 Å². The third kappa shape index (κ3) is 9.75. The Morgan fingerprint density at radius 2 is 1.93 bits per heavy atom. The highest BCUT2D eigenvalue weighted by atomic mass is 16.7. The van der Waals surface area contributed by atoms with Crippen LogP contribution >= 0.6 is 0 Å². The fourth-order valence-electron chi connectivity index (χ4n) is 5.26. The molecule has 3 N–H and O–H groups in total. The van der Waals surface area contributed by atoms with Crippen LogP contribution in [0.2, 0.25) is 0 Å². The Morgan fingerprint density at radius 1 is 1.13 bits per heavy atom. The number of pyridine rings is 1.